The summed E-state index contributed by atoms with van der Waals surface area (Å²) in [6.45, 7) is 7.67. The van der Waals surface area contributed by atoms with E-state index in [0.717, 1.165) is 88.1 Å². The fraction of sp³-hybridized carbons (Fsp3) is 0.776. The number of aromatic nitrogens is 8. The first-order chi connectivity index (χ1) is 45.4. The molecule has 0 saturated carbocycles. The molecule has 5 heterocycles. The third-order valence-electron chi connectivity index (χ3n) is 16.8. The van der Waals surface area contributed by atoms with Crippen molar-refractivity contribution in [1.29, 1.82) is 0 Å². The summed E-state index contributed by atoms with van der Waals surface area (Å²) in [6.07, 6.45) is 27.8. The van der Waals surface area contributed by atoms with E-state index in [2.05, 4.69) is 44.8 Å². The highest BCUT2D eigenvalue weighted by Crippen LogP contribution is 2.36. The summed E-state index contributed by atoms with van der Waals surface area (Å²) in [4.78, 5) is 118. The monoisotopic (exact) mass is 1330 g/mol. The normalized spacial score (nSPS) is 19.7. The molecule has 0 aromatic carbocycles. The Balaban J connectivity index is 1.14. The van der Waals surface area contributed by atoms with Crippen molar-refractivity contribution < 1.29 is 76.6 Å². The van der Waals surface area contributed by atoms with E-state index in [1.807, 2.05) is 0 Å². The smallest absolute Gasteiger partial charge is 0.330 e. The molecular weight excluding hydrogens is 1220 g/mol. The van der Waals surface area contributed by atoms with Crippen molar-refractivity contribution in [2.75, 3.05) is 13.2 Å². The van der Waals surface area contributed by atoms with Gasteiger partial charge in [-0.3, -0.25) is 47.9 Å². The van der Waals surface area contributed by atoms with Gasteiger partial charge in [-0.2, -0.15) is 0 Å². The average Bonchev–Trinajstić information content (AvgIpc) is 1.34. The number of aromatic amines is 1. The van der Waals surface area contributed by atoms with E-state index in [0.29, 0.717) is 18.5 Å². The summed E-state index contributed by atoms with van der Waals surface area (Å²) in [7, 11) is 0. The zero-order valence-electron chi connectivity index (χ0n) is 56.6. The molecule has 0 bridgehead atoms. The fourth-order valence-electron chi connectivity index (χ4n) is 11.8. The predicted molar refractivity (Wildman–Crippen MR) is 344 cm³/mol. The number of aliphatic hydroxyl groups is 1. The van der Waals surface area contributed by atoms with Gasteiger partial charge in [0.05, 0.1) is 37.2 Å². The third kappa shape index (κ3) is 29.0. The van der Waals surface area contributed by atoms with Gasteiger partial charge in [0.2, 0.25) is 6.10 Å². The van der Waals surface area contributed by atoms with Gasteiger partial charge in [-0.25, -0.2) is 14.2 Å². The maximum absolute atomic E-state index is 13.7. The third-order valence-corrected chi connectivity index (χ3v) is 16.8. The molecule has 1 unspecified atom stereocenters. The largest absolute Gasteiger partial charge is 0.463 e. The molecule has 0 aliphatic carbocycles. The lowest BCUT2D eigenvalue weighted by molar-refractivity contribution is -0.270. The second kappa shape index (κ2) is 44.0. The van der Waals surface area contributed by atoms with Gasteiger partial charge < -0.3 is 48.3 Å². The summed E-state index contributed by atoms with van der Waals surface area (Å²) in [5, 5.41) is 30.5. The van der Waals surface area contributed by atoms with Gasteiger partial charge in [0.25, 0.3) is 11.5 Å². The molecule has 9 atom stereocenters. The summed E-state index contributed by atoms with van der Waals surface area (Å²) < 4.78 is 48.7. The van der Waals surface area contributed by atoms with Crippen molar-refractivity contribution in [2.45, 2.75) is 322 Å². The Labute approximate surface area is 552 Å². The summed E-state index contributed by atoms with van der Waals surface area (Å²) >= 11 is 0. The van der Waals surface area contributed by atoms with Crippen LogP contribution in [0.5, 0.6) is 0 Å². The maximum Gasteiger partial charge on any atom is 0.330 e. The van der Waals surface area contributed by atoms with Crippen LogP contribution in [-0.2, 0) is 84.5 Å². The molecule has 3 aromatic rings. The number of hydrogen-bond donors (Lipinski definition) is 3. The van der Waals surface area contributed by atoms with E-state index in [1.165, 1.54) is 152 Å². The number of unbranched alkanes of at least 4 members (excludes halogenated alkanes) is 28. The Bertz CT molecular complexity index is 2870. The number of amides is 1. The molecule has 2 fully saturated rings. The number of nitrogens with zero attached hydrogens (tertiary/aromatic N) is 7. The maximum atomic E-state index is 13.7. The highest BCUT2D eigenvalue weighted by molar-refractivity contribution is 5.84. The Hall–Kier alpha value is -6.87. The molecule has 528 valence electrons. The standard InChI is InChI=1S/C67H107N9O18/c1-7-9-11-13-15-17-19-21-23-25-27-29-31-33-35-37-59(82)88-46-57(93-60(83)38-36-34-32-30-28-26-24-22-20-18-16-14-12-10-8-2)65(85)68-40-51-41-74(72-70-51)44-55-54(81)39-58(92-55)75-42-52(64(84)69-67(75)86)53-43-76(73-71-53)66-63(91-50(6)80)62(90-49(5)79)61(89-48(4)78)56(94-66)45-87-47(3)77/h41-43,54-58,61-63,66,81H,7-40,44-46H2,1-6H3,(H,68,85)(H,69,84,86)/t54-,55+,56+,57?,58+,61+,62-,63+,66+/m0/s1. The van der Waals surface area contributed by atoms with Crippen LogP contribution in [0.3, 0.4) is 0 Å². The summed E-state index contributed by atoms with van der Waals surface area (Å²) in [6, 6.07) is 0. The zero-order valence-corrected chi connectivity index (χ0v) is 56.6. The minimum absolute atomic E-state index is 0.0667. The van der Waals surface area contributed by atoms with Gasteiger partial charge in [-0.05, 0) is 12.8 Å². The van der Waals surface area contributed by atoms with Crippen LogP contribution < -0.4 is 16.6 Å². The number of aliphatic hydroxyl groups excluding tert-OH is 1. The lowest BCUT2D eigenvalue weighted by Gasteiger charge is -2.44. The number of carbonyl (C=O) groups is 7. The SMILES string of the molecule is CCCCCCCCCCCCCCCCCC(=O)OCC(OC(=O)CCCCCCCCCCCCCCCCC)C(=O)NCc1cn(C[C@H]2O[C@@H](n3cc(-c4cn([C@@H]5O[C@H](COC(C)=O)[C@@H](OC(C)=O)[C@H](OC(C)=O)[C@H]5OC(C)=O)nn4)c(=O)[nH]c3=O)C[C@@H]2O)nn1. The number of ether oxygens (including phenoxy) is 8. The van der Waals surface area contributed by atoms with Crippen LogP contribution in [-0.4, -0.2) is 142 Å². The van der Waals surface area contributed by atoms with Crippen LogP contribution in [0.1, 0.15) is 272 Å². The second-order valence-corrected chi connectivity index (χ2v) is 25.0. The number of hydrogen-bond acceptors (Lipinski definition) is 22. The van der Waals surface area contributed by atoms with E-state index in [4.69, 9.17) is 37.9 Å². The molecular formula is C67H107N9O18. The van der Waals surface area contributed by atoms with Gasteiger partial charge in [0.1, 0.15) is 43.0 Å². The first kappa shape index (κ1) is 77.8. The number of esters is 6. The quantitative estimate of drug-likeness (QED) is 0.0269. The van der Waals surface area contributed by atoms with Gasteiger partial charge in [-0.1, -0.05) is 204 Å². The van der Waals surface area contributed by atoms with E-state index in [1.54, 1.807) is 0 Å². The van der Waals surface area contributed by atoms with Gasteiger partial charge in [0, 0.05) is 53.2 Å². The van der Waals surface area contributed by atoms with Crippen LogP contribution in [0.2, 0.25) is 0 Å². The minimum atomic E-state index is -1.55. The highest BCUT2D eigenvalue weighted by Gasteiger charge is 2.53. The van der Waals surface area contributed by atoms with E-state index < -0.39 is 121 Å². The van der Waals surface area contributed by atoms with Crippen LogP contribution in [0.4, 0.5) is 0 Å². The molecule has 5 rings (SSSR count). The Morgan fingerprint density at radius 3 is 1.61 bits per heavy atom. The summed E-state index contributed by atoms with van der Waals surface area (Å²) in [5.41, 5.74) is -1.82. The Morgan fingerprint density at radius 1 is 0.585 bits per heavy atom. The van der Waals surface area contributed by atoms with Crippen LogP contribution in [0.25, 0.3) is 11.3 Å². The number of carbonyl (C=O) groups excluding carboxylic acids is 7. The first-order valence-corrected chi connectivity index (χ1v) is 34.8. The van der Waals surface area contributed by atoms with Gasteiger partial charge >= 0.3 is 41.5 Å². The van der Waals surface area contributed by atoms with Crippen molar-refractivity contribution in [3.8, 4) is 11.3 Å². The molecule has 3 aromatic heterocycles. The molecule has 94 heavy (non-hydrogen) atoms. The average molecular weight is 1330 g/mol. The Kier molecular flexibility index (Phi) is 36.4. The Morgan fingerprint density at radius 2 is 1.09 bits per heavy atom. The van der Waals surface area contributed by atoms with Crippen LogP contribution in [0.15, 0.2) is 28.2 Å². The molecule has 2 saturated heterocycles. The second-order valence-electron chi connectivity index (χ2n) is 25.0. The van der Waals surface area contributed by atoms with Crippen LogP contribution in [0, 0.1) is 0 Å². The van der Waals surface area contributed by atoms with E-state index >= 15 is 0 Å². The molecule has 0 spiro atoms. The van der Waals surface area contributed by atoms with Crippen molar-refractivity contribution in [3.05, 3.63) is 45.1 Å². The topological polar surface area (TPSA) is 342 Å². The van der Waals surface area contributed by atoms with E-state index in [-0.39, 0.29) is 43.6 Å². The lowest BCUT2D eigenvalue weighted by atomic mass is 9.97. The number of H-pyrrole nitrogens is 1. The van der Waals surface area contributed by atoms with Crippen molar-refractivity contribution in [3.63, 3.8) is 0 Å². The fourth-order valence-corrected chi connectivity index (χ4v) is 11.8. The van der Waals surface area contributed by atoms with Crippen molar-refractivity contribution >= 4 is 41.7 Å². The molecule has 2 aliphatic heterocycles. The van der Waals surface area contributed by atoms with Crippen molar-refractivity contribution in [2.24, 2.45) is 0 Å². The number of rotatable bonds is 48. The number of nitrogens with one attached hydrogen (secondary N) is 2. The molecule has 27 nitrogen and oxygen atoms in total. The van der Waals surface area contributed by atoms with Crippen LogP contribution >= 0.6 is 0 Å². The van der Waals surface area contributed by atoms with Gasteiger partial charge in [-0.15, -0.1) is 10.2 Å². The lowest BCUT2D eigenvalue weighted by Crippen LogP contribution is -2.60. The van der Waals surface area contributed by atoms with Crippen molar-refractivity contribution in [1.82, 2.24) is 44.9 Å². The van der Waals surface area contributed by atoms with Gasteiger partial charge in [0.15, 0.2) is 24.5 Å². The first-order valence-electron chi connectivity index (χ1n) is 34.8. The summed E-state index contributed by atoms with van der Waals surface area (Å²) in [5.74, 6) is -4.98. The zero-order chi connectivity index (χ0) is 68.0. The molecule has 2 aliphatic rings. The minimum Gasteiger partial charge on any atom is -0.463 e. The highest BCUT2D eigenvalue weighted by atomic mass is 16.7. The van der Waals surface area contributed by atoms with E-state index in [9.17, 15) is 48.3 Å². The molecule has 27 heteroatoms. The molecule has 0 radical (unpaired) electrons. The molecule has 1 amide bonds. The predicted octanol–water partition coefficient (Wildman–Crippen LogP) is 9.59. The molecule has 3 N–H and O–H groups in total.